The molecule has 0 saturated heterocycles. The number of pyridine rings is 1. The number of hydrogen-bond donors (Lipinski definition) is 1. The van der Waals surface area contributed by atoms with E-state index < -0.39 is 0 Å². The summed E-state index contributed by atoms with van der Waals surface area (Å²) >= 11 is 6.20. The van der Waals surface area contributed by atoms with E-state index in [2.05, 4.69) is 48.4 Å². The van der Waals surface area contributed by atoms with Crippen LogP contribution in [0.3, 0.4) is 0 Å². The third kappa shape index (κ3) is 3.44. The molecule has 0 bridgehead atoms. The number of hydrogen-bond acceptors (Lipinski definition) is 2. The molecular weight excluding hydrogens is 244 g/mol. The smallest absolute Gasteiger partial charge is 0.0702 e. The highest BCUT2D eigenvalue weighted by atomic mass is 35.5. The minimum atomic E-state index is 0.187. The van der Waals surface area contributed by atoms with Crippen molar-refractivity contribution in [3.63, 3.8) is 0 Å². The van der Waals surface area contributed by atoms with Crippen LogP contribution in [-0.4, -0.2) is 16.9 Å². The molecule has 1 unspecified atom stereocenters. The summed E-state index contributed by atoms with van der Waals surface area (Å²) in [5, 5.41) is 4.77. The third-order valence-corrected chi connectivity index (χ3v) is 3.72. The Hall–Kier alpha value is -1.12. The predicted octanol–water partition coefficient (Wildman–Crippen LogP) is 3.59. The van der Waals surface area contributed by atoms with E-state index in [0.29, 0.717) is 5.92 Å². The molecule has 0 amide bonds. The van der Waals surface area contributed by atoms with Gasteiger partial charge in [0.25, 0.3) is 0 Å². The van der Waals surface area contributed by atoms with E-state index in [0.717, 1.165) is 18.6 Å². The van der Waals surface area contributed by atoms with Crippen LogP contribution >= 0.6 is 11.6 Å². The normalized spacial score (nSPS) is 13.1. The summed E-state index contributed by atoms with van der Waals surface area (Å²) in [5.41, 5.74) is 2.31. The number of fused-ring (bicyclic) bond motifs is 1. The number of alkyl halides is 1. The molecule has 2 aromatic rings. The number of aromatic nitrogens is 1. The lowest BCUT2D eigenvalue weighted by atomic mass is 10.1. The molecule has 0 aliphatic rings. The Kier molecular flexibility index (Phi) is 4.56. The summed E-state index contributed by atoms with van der Waals surface area (Å²) in [5.74, 6) is 0.500. The van der Waals surface area contributed by atoms with Crippen LogP contribution in [0.25, 0.3) is 10.9 Å². The second-order valence-corrected chi connectivity index (χ2v) is 5.48. The molecule has 96 valence electrons. The molecule has 1 heterocycles. The molecule has 3 heteroatoms. The van der Waals surface area contributed by atoms with Crippen LogP contribution in [0, 0.1) is 5.92 Å². The van der Waals surface area contributed by atoms with Crippen LogP contribution in [0.4, 0.5) is 0 Å². The Bertz CT molecular complexity index is 511. The molecule has 0 spiro atoms. The highest BCUT2D eigenvalue weighted by molar-refractivity contribution is 6.20. The Morgan fingerprint density at radius 1 is 1.28 bits per heavy atom. The summed E-state index contributed by atoms with van der Waals surface area (Å²) in [7, 11) is 0. The van der Waals surface area contributed by atoms with Gasteiger partial charge >= 0.3 is 0 Å². The Balaban J connectivity index is 1.96. The van der Waals surface area contributed by atoms with Crippen molar-refractivity contribution in [3.8, 4) is 0 Å². The molecule has 0 aliphatic carbocycles. The Morgan fingerprint density at radius 3 is 2.89 bits per heavy atom. The highest BCUT2D eigenvalue weighted by Gasteiger charge is 2.08. The fourth-order valence-corrected chi connectivity index (χ4v) is 1.93. The van der Waals surface area contributed by atoms with Gasteiger partial charge in [-0.2, -0.15) is 0 Å². The van der Waals surface area contributed by atoms with Crippen molar-refractivity contribution in [2.24, 2.45) is 5.92 Å². The fourth-order valence-electron chi connectivity index (χ4n) is 1.83. The molecule has 1 aromatic carbocycles. The lowest BCUT2D eigenvalue weighted by molar-refractivity contribution is 0.546. The molecule has 0 fully saturated rings. The van der Waals surface area contributed by atoms with E-state index in [1.54, 1.807) is 0 Å². The summed E-state index contributed by atoms with van der Waals surface area (Å²) in [6.45, 7) is 5.97. The summed E-state index contributed by atoms with van der Waals surface area (Å²) in [4.78, 5) is 4.31. The van der Waals surface area contributed by atoms with Crippen LogP contribution in [0.5, 0.6) is 0 Å². The SMILES string of the molecule is CC(C)C(Cl)CNCc1ccc2ncccc2c1. The van der Waals surface area contributed by atoms with Gasteiger partial charge in [-0.05, 0) is 29.7 Å². The van der Waals surface area contributed by atoms with E-state index in [4.69, 9.17) is 11.6 Å². The van der Waals surface area contributed by atoms with E-state index in [1.807, 2.05) is 12.3 Å². The molecule has 2 rings (SSSR count). The van der Waals surface area contributed by atoms with E-state index >= 15 is 0 Å². The van der Waals surface area contributed by atoms with Crippen molar-refractivity contribution in [2.45, 2.75) is 25.8 Å². The molecule has 1 N–H and O–H groups in total. The first-order valence-electron chi connectivity index (χ1n) is 6.35. The van der Waals surface area contributed by atoms with Gasteiger partial charge in [0.2, 0.25) is 0 Å². The van der Waals surface area contributed by atoms with Crippen molar-refractivity contribution in [2.75, 3.05) is 6.54 Å². The minimum Gasteiger partial charge on any atom is -0.311 e. The van der Waals surface area contributed by atoms with Gasteiger partial charge in [-0.3, -0.25) is 4.98 Å². The van der Waals surface area contributed by atoms with E-state index in [1.165, 1.54) is 10.9 Å². The van der Waals surface area contributed by atoms with Crippen LogP contribution in [0.2, 0.25) is 0 Å². The first-order chi connectivity index (χ1) is 8.66. The van der Waals surface area contributed by atoms with Crippen molar-refractivity contribution in [3.05, 3.63) is 42.1 Å². The number of halogens is 1. The standard InChI is InChI=1S/C15H19ClN2/c1-11(2)14(16)10-17-9-12-5-6-15-13(8-12)4-3-7-18-15/h3-8,11,14,17H,9-10H2,1-2H3. The number of rotatable bonds is 5. The van der Waals surface area contributed by atoms with Crippen molar-refractivity contribution < 1.29 is 0 Å². The maximum Gasteiger partial charge on any atom is 0.0702 e. The monoisotopic (exact) mass is 262 g/mol. The fraction of sp³-hybridized carbons (Fsp3) is 0.400. The quantitative estimate of drug-likeness (QED) is 0.833. The van der Waals surface area contributed by atoms with Crippen LogP contribution in [-0.2, 0) is 6.54 Å². The highest BCUT2D eigenvalue weighted by Crippen LogP contribution is 2.13. The third-order valence-electron chi connectivity index (χ3n) is 3.06. The molecule has 1 atom stereocenters. The molecule has 0 saturated carbocycles. The lowest BCUT2D eigenvalue weighted by Crippen LogP contribution is -2.26. The number of nitrogens with one attached hydrogen (secondary N) is 1. The van der Waals surface area contributed by atoms with Crippen LogP contribution in [0.1, 0.15) is 19.4 Å². The molecular formula is C15H19ClN2. The zero-order valence-electron chi connectivity index (χ0n) is 10.9. The summed E-state index contributed by atoms with van der Waals surface area (Å²) in [6, 6.07) is 10.4. The van der Waals surface area contributed by atoms with Crippen LogP contribution < -0.4 is 5.32 Å². The number of benzene rings is 1. The minimum absolute atomic E-state index is 0.187. The van der Waals surface area contributed by atoms with Gasteiger partial charge in [0.1, 0.15) is 0 Å². The van der Waals surface area contributed by atoms with Gasteiger partial charge in [0, 0.05) is 30.0 Å². The molecule has 0 radical (unpaired) electrons. The van der Waals surface area contributed by atoms with Gasteiger partial charge in [-0.15, -0.1) is 11.6 Å². The summed E-state index contributed by atoms with van der Waals surface area (Å²) in [6.07, 6.45) is 1.82. The molecule has 1 aromatic heterocycles. The van der Waals surface area contributed by atoms with Gasteiger partial charge in [0.15, 0.2) is 0 Å². The van der Waals surface area contributed by atoms with Gasteiger partial charge < -0.3 is 5.32 Å². The van der Waals surface area contributed by atoms with Gasteiger partial charge in [-0.25, -0.2) is 0 Å². The second kappa shape index (κ2) is 6.17. The zero-order chi connectivity index (χ0) is 13.0. The number of nitrogens with zero attached hydrogens (tertiary/aromatic N) is 1. The van der Waals surface area contributed by atoms with Crippen LogP contribution in [0.15, 0.2) is 36.5 Å². The van der Waals surface area contributed by atoms with E-state index in [-0.39, 0.29) is 5.38 Å². The van der Waals surface area contributed by atoms with Crippen molar-refractivity contribution in [1.29, 1.82) is 0 Å². The second-order valence-electron chi connectivity index (χ2n) is 4.92. The zero-order valence-corrected chi connectivity index (χ0v) is 11.6. The first-order valence-corrected chi connectivity index (χ1v) is 6.79. The average molecular weight is 263 g/mol. The predicted molar refractivity (Wildman–Crippen MR) is 77.9 cm³/mol. The molecule has 18 heavy (non-hydrogen) atoms. The van der Waals surface area contributed by atoms with Crippen molar-refractivity contribution >= 4 is 22.5 Å². The van der Waals surface area contributed by atoms with Gasteiger partial charge in [0.05, 0.1) is 5.52 Å². The Morgan fingerprint density at radius 2 is 2.11 bits per heavy atom. The average Bonchev–Trinajstić information content (AvgIpc) is 2.38. The maximum atomic E-state index is 6.20. The topological polar surface area (TPSA) is 24.9 Å². The first kappa shape index (κ1) is 13.3. The molecule has 2 nitrogen and oxygen atoms in total. The maximum absolute atomic E-state index is 6.20. The summed E-state index contributed by atoms with van der Waals surface area (Å²) < 4.78 is 0. The van der Waals surface area contributed by atoms with Gasteiger partial charge in [-0.1, -0.05) is 26.0 Å². The molecule has 0 aliphatic heterocycles. The van der Waals surface area contributed by atoms with E-state index in [9.17, 15) is 0 Å². The Labute approximate surface area is 113 Å². The largest absolute Gasteiger partial charge is 0.311 e. The van der Waals surface area contributed by atoms with Crippen molar-refractivity contribution in [1.82, 2.24) is 10.3 Å². The lowest BCUT2D eigenvalue weighted by Gasteiger charge is -2.14.